The Kier molecular flexibility index (Phi) is 5.16. The first-order valence-electron chi connectivity index (χ1n) is 7.65. The number of aryl methyl sites for hydroxylation is 2. The molecule has 3 aromatic rings. The second kappa shape index (κ2) is 7.32. The molecule has 0 bridgehead atoms. The molecule has 1 atom stereocenters. The zero-order valence-corrected chi connectivity index (χ0v) is 15.9. The molecule has 0 aliphatic heterocycles. The first-order chi connectivity index (χ1) is 11.6. The van der Waals surface area contributed by atoms with Crippen LogP contribution in [0.4, 0.5) is 0 Å². The van der Waals surface area contributed by atoms with E-state index in [9.17, 15) is 4.79 Å². The minimum atomic E-state index is -0.0921. The minimum absolute atomic E-state index is 0.00913. The van der Waals surface area contributed by atoms with Crippen molar-refractivity contribution in [2.24, 2.45) is 0 Å². The summed E-state index contributed by atoms with van der Waals surface area (Å²) in [6, 6.07) is 13.6. The molecule has 0 aliphatic carbocycles. The van der Waals surface area contributed by atoms with Gasteiger partial charge in [-0.3, -0.25) is 9.48 Å². The van der Waals surface area contributed by atoms with Gasteiger partial charge in [0.15, 0.2) is 0 Å². The van der Waals surface area contributed by atoms with Gasteiger partial charge in [0.1, 0.15) is 6.04 Å². The molecule has 0 radical (unpaired) electrons. The molecule has 2 aromatic heterocycles. The molecule has 0 aliphatic rings. The molecule has 24 heavy (non-hydrogen) atoms. The molecular weight excluding hydrogens is 386 g/mol. The Morgan fingerprint density at radius 3 is 2.71 bits per heavy atom. The lowest BCUT2D eigenvalue weighted by Gasteiger charge is -2.19. The number of hydrogen-bond donors (Lipinski definition) is 1. The highest BCUT2D eigenvalue weighted by Gasteiger charge is 2.20. The van der Waals surface area contributed by atoms with Crippen molar-refractivity contribution in [2.45, 2.75) is 19.9 Å². The van der Waals surface area contributed by atoms with E-state index >= 15 is 0 Å². The minimum Gasteiger partial charge on any atom is -0.349 e. The molecule has 1 amide bonds. The molecule has 4 nitrogen and oxygen atoms in total. The van der Waals surface area contributed by atoms with Gasteiger partial charge in [0.25, 0.3) is 5.91 Å². The Morgan fingerprint density at radius 1 is 1.29 bits per heavy atom. The van der Waals surface area contributed by atoms with E-state index in [4.69, 9.17) is 0 Å². The highest BCUT2D eigenvalue weighted by molar-refractivity contribution is 9.10. The van der Waals surface area contributed by atoms with Crippen LogP contribution in [0.25, 0.3) is 0 Å². The van der Waals surface area contributed by atoms with Gasteiger partial charge in [-0.15, -0.1) is 11.3 Å². The van der Waals surface area contributed by atoms with Gasteiger partial charge in [-0.25, -0.2) is 0 Å². The number of rotatable bonds is 5. The van der Waals surface area contributed by atoms with E-state index in [1.165, 1.54) is 4.88 Å². The summed E-state index contributed by atoms with van der Waals surface area (Å²) in [5.41, 5.74) is 2.70. The highest BCUT2D eigenvalue weighted by atomic mass is 79.9. The maximum Gasteiger partial charge on any atom is 0.252 e. The van der Waals surface area contributed by atoms with Crippen molar-refractivity contribution in [3.63, 3.8) is 0 Å². The Bertz CT molecular complexity index is 842. The summed E-state index contributed by atoms with van der Waals surface area (Å²) in [5.74, 6) is -0.0921. The fourth-order valence-corrected chi connectivity index (χ4v) is 3.96. The van der Waals surface area contributed by atoms with E-state index in [0.29, 0.717) is 12.1 Å². The van der Waals surface area contributed by atoms with Gasteiger partial charge >= 0.3 is 0 Å². The summed E-state index contributed by atoms with van der Waals surface area (Å²) in [5, 5.41) is 9.68. The lowest BCUT2D eigenvalue weighted by molar-refractivity contribution is 0.0948. The number of nitrogens with zero attached hydrogens (tertiary/aromatic N) is 2. The molecule has 0 saturated carbocycles. The smallest absolute Gasteiger partial charge is 0.252 e. The van der Waals surface area contributed by atoms with Crippen LogP contribution in [0.2, 0.25) is 0 Å². The van der Waals surface area contributed by atoms with Crippen molar-refractivity contribution >= 4 is 33.2 Å². The van der Waals surface area contributed by atoms with Gasteiger partial charge in [0.05, 0.1) is 11.3 Å². The second-order valence-corrected chi connectivity index (χ2v) is 7.43. The molecule has 6 heteroatoms. The monoisotopic (exact) mass is 403 g/mol. The summed E-state index contributed by atoms with van der Waals surface area (Å²) in [4.78, 5) is 13.7. The van der Waals surface area contributed by atoms with Crippen molar-refractivity contribution in [1.82, 2.24) is 15.1 Å². The topological polar surface area (TPSA) is 46.9 Å². The Balaban J connectivity index is 1.82. The molecule has 1 aromatic carbocycles. The van der Waals surface area contributed by atoms with Gasteiger partial charge in [-0.2, -0.15) is 5.10 Å². The number of nitrogens with one attached hydrogen (secondary N) is 1. The van der Waals surface area contributed by atoms with Crippen LogP contribution in [0.1, 0.15) is 32.7 Å². The van der Waals surface area contributed by atoms with Gasteiger partial charge in [0, 0.05) is 21.6 Å². The van der Waals surface area contributed by atoms with Crippen LogP contribution in [0.15, 0.2) is 52.3 Å². The quantitative estimate of drug-likeness (QED) is 0.688. The van der Waals surface area contributed by atoms with Crippen LogP contribution in [0.3, 0.4) is 0 Å². The second-order valence-electron chi connectivity index (χ2n) is 5.59. The van der Waals surface area contributed by atoms with Gasteiger partial charge < -0.3 is 5.32 Å². The summed E-state index contributed by atoms with van der Waals surface area (Å²) in [7, 11) is 0. The lowest BCUT2D eigenvalue weighted by atomic mass is 10.2. The fourth-order valence-electron chi connectivity index (χ4n) is 2.68. The maximum absolute atomic E-state index is 12.5. The first kappa shape index (κ1) is 16.9. The van der Waals surface area contributed by atoms with Gasteiger partial charge in [-0.1, -0.05) is 18.2 Å². The number of carbonyl (C=O) groups excluding carboxylic acids is 1. The van der Waals surface area contributed by atoms with E-state index in [1.807, 2.05) is 54.2 Å². The van der Waals surface area contributed by atoms with E-state index in [1.54, 1.807) is 11.3 Å². The normalized spacial score (nSPS) is 12.1. The van der Waals surface area contributed by atoms with Gasteiger partial charge in [0.2, 0.25) is 0 Å². The zero-order chi connectivity index (χ0) is 17.1. The van der Waals surface area contributed by atoms with Crippen LogP contribution in [0.5, 0.6) is 0 Å². The number of thiophene rings is 1. The molecule has 0 saturated heterocycles. The molecular formula is C18H18BrN3OS. The Hall–Kier alpha value is -1.92. The van der Waals surface area contributed by atoms with Crippen molar-refractivity contribution in [1.29, 1.82) is 0 Å². The van der Waals surface area contributed by atoms with Crippen LogP contribution in [-0.2, 0) is 0 Å². The van der Waals surface area contributed by atoms with Crippen LogP contribution < -0.4 is 5.32 Å². The molecule has 0 fully saturated rings. The lowest BCUT2D eigenvalue weighted by Crippen LogP contribution is -2.32. The zero-order valence-electron chi connectivity index (χ0n) is 13.5. The largest absolute Gasteiger partial charge is 0.349 e. The number of aromatic nitrogens is 2. The number of halogens is 1. The molecule has 1 unspecified atom stereocenters. The highest BCUT2D eigenvalue weighted by Crippen LogP contribution is 2.24. The van der Waals surface area contributed by atoms with Crippen molar-refractivity contribution in [3.8, 4) is 0 Å². The predicted molar refractivity (Wildman–Crippen MR) is 101 cm³/mol. The summed E-state index contributed by atoms with van der Waals surface area (Å²) >= 11 is 5.10. The van der Waals surface area contributed by atoms with Crippen molar-refractivity contribution in [2.75, 3.05) is 6.54 Å². The number of benzene rings is 1. The van der Waals surface area contributed by atoms with Crippen LogP contribution in [-0.4, -0.2) is 22.2 Å². The fraction of sp³-hybridized carbons (Fsp3) is 0.222. The van der Waals surface area contributed by atoms with E-state index in [-0.39, 0.29) is 11.9 Å². The van der Waals surface area contributed by atoms with Gasteiger partial charge in [-0.05, 0) is 59.4 Å². The third kappa shape index (κ3) is 3.60. The Labute approximate surface area is 153 Å². The number of amides is 1. The third-order valence-corrected chi connectivity index (χ3v) is 5.45. The van der Waals surface area contributed by atoms with Crippen LogP contribution in [0, 0.1) is 13.8 Å². The molecule has 2 heterocycles. The predicted octanol–water partition coefficient (Wildman–Crippen LogP) is 4.34. The molecule has 124 valence electrons. The molecule has 0 spiro atoms. The summed E-state index contributed by atoms with van der Waals surface area (Å²) < 4.78 is 2.78. The van der Waals surface area contributed by atoms with E-state index in [0.717, 1.165) is 15.9 Å². The van der Waals surface area contributed by atoms with Crippen LogP contribution >= 0.6 is 27.3 Å². The number of carbonyl (C=O) groups is 1. The maximum atomic E-state index is 12.5. The number of hydrogen-bond acceptors (Lipinski definition) is 3. The average molecular weight is 404 g/mol. The van der Waals surface area contributed by atoms with E-state index in [2.05, 4.69) is 38.5 Å². The average Bonchev–Trinajstić information content (AvgIpc) is 3.18. The molecule has 1 N–H and O–H groups in total. The Morgan fingerprint density at radius 2 is 2.08 bits per heavy atom. The SMILES string of the molecule is Cc1cc(C)n(C(CNC(=O)c2ccccc2Br)c2cccs2)n1. The summed E-state index contributed by atoms with van der Waals surface area (Å²) in [6.07, 6.45) is 0. The van der Waals surface area contributed by atoms with E-state index < -0.39 is 0 Å². The summed E-state index contributed by atoms with van der Waals surface area (Å²) in [6.45, 7) is 4.51. The first-order valence-corrected chi connectivity index (χ1v) is 9.32. The standard InChI is InChI=1S/C18H18BrN3OS/c1-12-10-13(2)22(21-12)16(17-8-5-9-24-17)11-20-18(23)14-6-3-4-7-15(14)19/h3-10,16H,11H2,1-2H3,(H,20,23). The molecule has 3 rings (SSSR count). The van der Waals surface area contributed by atoms with Crippen molar-refractivity contribution < 1.29 is 4.79 Å². The van der Waals surface area contributed by atoms with Crippen molar-refractivity contribution in [3.05, 3.63) is 74.1 Å². The third-order valence-electron chi connectivity index (χ3n) is 3.79.